The lowest BCUT2D eigenvalue weighted by Gasteiger charge is -1.85. The van der Waals surface area contributed by atoms with Crippen LogP contribution in [0.4, 0.5) is 0 Å². The zero-order valence-electron chi connectivity index (χ0n) is 4.07. The number of halogens is 2. The number of hydrogen-bond donors (Lipinski definition) is 0. The zero-order chi connectivity index (χ0) is 5.98. The van der Waals surface area contributed by atoms with E-state index in [4.69, 9.17) is 0 Å². The molecule has 0 fully saturated rings. The van der Waals surface area contributed by atoms with Gasteiger partial charge in [-0.15, -0.1) is 0 Å². The molecular weight excluding hydrogens is 232 g/mol. The molecule has 0 nitrogen and oxygen atoms in total. The molecule has 0 radical (unpaired) electrons. The normalized spacial score (nSPS) is 15.5. The van der Waals surface area contributed by atoms with Crippen molar-refractivity contribution in [3.05, 3.63) is 33.3 Å². The lowest BCUT2D eigenvalue weighted by atomic mass is 10.3. The second-order valence-electron chi connectivity index (χ2n) is 1.43. The van der Waals surface area contributed by atoms with Gasteiger partial charge >= 0.3 is 0 Å². The third-order valence-corrected chi connectivity index (χ3v) is 1.80. The summed E-state index contributed by atoms with van der Waals surface area (Å²) in [5.74, 6) is 0. The largest absolute Gasteiger partial charge is 0.0676 e. The maximum atomic E-state index is 3.29. The summed E-state index contributed by atoms with van der Waals surface area (Å²) >= 11 is 6.59. The molecule has 1 rings (SSSR count). The summed E-state index contributed by atoms with van der Waals surface area (Å²) < 4.78 is 1.01. The average molecular weight is 236 g/mol. The molecule has 0 aromatic heterocycles. The van der Waals surface area contributed by atoms with Crippen molar-refractivity contribution in [2.45, 2.75) is 0 Å². The number of allylic oxidation sites excluding steroid dienone is 5. The van der Waals surface area contributed by atoms with Crippen LogP contribution in [0.5, 0.6) is 0 Å². The first-order valence-electron chi connectivity index (χ1n) is 2.21. The molecule has 0 heterocycles. The molecule has 0 aromatic carbocycles. The Bertz CT molecular complexity index is 157. The van der Waals surface area contributed by atoms with Crippen molar-refractivity contribution in [3.8, 4) is 0 Å². The SMILES string of the molecule is BrC(Br)=C1C=CC=C1. The maximum absolute atomic E-state index is 3.29. The van der Waals surface area contributed by atoms with Gasteiger partial charge in [0.05, 0.1) is 3.39 Å². The van der Waals surface area contributed by atoms with Crippen molar-refractivity contribution < 1.29 is 0 Å². The van der Waals surface area contributed by atoms with Crippen LogP contribution in [0.3, 0.4) is 0 Å². The summed E-state index contributed by atoms with van der Waals surface area (Å²) in [5, 5.41) is 0. The van der Waals surface area contributed by atoms with Crippen LogP contribution in [0.15, 0.2) is 33.3 Å². The molecule has 42 valence electrons. The first-order chi connectivity index (χ1) is 3.80. The van der Waals surface area contributed by atoms with Crippen molar-refractivity contribution >= 4 is 31.9 Å². The number of hydrogen-bond acceptors (Lipinski definition) is 0. The van der Waals surface area contributed by atoms with Gasteiger partial charge in [0.1, 0.15) is 0 Å². The Balaban J connectivity index is 2.90. The fraction of sp³-hybridized carbons (Fsp3) is 0. The van der Waals surface area contributed by atoms with Crippen LogP contribution >= 0.6 is 31.9 Å². The summed E-state index contributed by atoms with van der Waals surface area (Å²) in [6, 6.07) is 0. The van der Waals surface area contributed by atoms with Crippen molar-refractivity contribution in [1.82, 2.24) is 0 Å². The highest BCUT2D eigenvalue weighted by Crippen LogP contribution is 2.23. The van der Waals surface area contributed by atoms with E-state index in [1.807, 2.05) is 24.3 Å². The van der Waals surface area contributed by atoms with Gasteiger partial charge in [0.2, 0.25) is 0 Å². The molecule has 0 bridgehead atoms. The van der Waals surface area contributed by atoms with Crippen molar-refractivity contribution in [1.29, 1.82) is 0 Å². The molecule has 1 aliphatic carbocycles. The predicted molar refractivity (Wildman–Crippen MR) is 43.2 cm³/mol. The van der Waals surface area contributed by atoms with E-state index >= 15 is 0 Å². The Morgan fingerprint density at radius 1 is 1.12 bits per heavy atom. The first kappa shape index (κ1) is 6.30. The lowest BCUT2D eigenvalue weighted by Crippen LogP contribution is -1.62. The molecule has 0 saturated heterocycles. The fourth-order valence-corrected chi connectivity index (χ4v) is 1.03. The highest BCUT2D eigenvalue weighted by atomic mass is 79.9. The maximum Gasteiger partial charge on any atom is 0.0676 e. The molecule has 0 spiro atoms. The standard InChI is InChI=1S/C6H4Br2/c7-6(8)5-3-1-2-4-5/h1-4H. The Hall–Kier alpha value is 0.180. The second-order valence-corrected chi connectivity index (χ2v) is 4.08. The third kappa shape index (κ3) is 1.33. The molecule has 0 unspecified atom stereocenters. The van der Waals surface area contributed by atoms with Gasteiger partial charge in [-0.05, 0) is 37.4 Å². The quantitative estimate of drug-likeness (QED) is 0.606. The van der Waals surface area contributed by atoms with Crippen LogP contribution in [0.2, 0.25) is 0 Å². The van der Waals surface area contributed by atoms with E-state index in [0.29, 0.717) is 0 Å². The summed E-state index contributed by atoms with van der Waals surface area (Å²) in [6.07, 6.45) is 8.05. The Morgan fingerprint density at radius 3 is 1.88 bits per heavy atom. The summed E-state index contributed by atoms with van der Waals surface area (Å²) in [6.45, 7) is 0. The summed E-state index contributed by atoms with van der Waals surface area (Å²) in [7, 11) is 0. The van der Waals surface area contributed by atoms with Gasteiger partial charge in [0, 0.05) is 0 Å². The Kier molecular flexibility index (Phi) is 2.08. The van der Waals surface area contributed by atoms with Crippen LogP contribution < -0.4 is 0 Å². The lowest BCUT2D eigenvalue weighted by molar-refractivity contribution is 1.83. The van der Waals surface area contributed by atoms with Gasteiger partial charge in [-0.3, -0.25) is 0 Å². The van der Waals surface area contributed by atoms with Gasteiger partial charge in [-0.1, -0.05) is 24.3 Å². The Morgan fingerprint density at radius 2 is 1.62 bits per heavy atom. The predicted octanol–water partition coefficient (Wildman–Crippen LogP) is 3.11. The highest BCUT2D eigenvalue weighted by molar-refractivity contribution is 9.28. The zero-order valence-corrected chi connectivity index (χ0v) is 7.24. The monoisotopic (exact) mass is 234 g/mol. The minimum absolute atomic E-state index is 1.01. The van der Waals surface area contributed by atoms with Crippen LogP contribution in [-0.2, 0) is 0 Å². The second kappa shape index (κ2) is 2.65. The van der Waals surface area contributed by atoms with Crippen molar-refractivity contribution in [3.63, 3.8) is 0 Å². The van der Waals surface area contributed by atoms with Crippen molar-refractivity contribution in [2.24, 2.45) is 0 Å². The third-order valence-electron chi connectivity index (χ3n) is 0.881. The van der Waals surface area contributed by atoms with Crippen molar-refractivity contribution in [2.75, 3.05) is 0 Å². The van der Waals surface area contributed by atoms with Gasteiger partial charge < -0.3 is 0 Å². The number of rotatable bonds is 0. The molecule has 0 aliphatic heterocycles. The van der Waals surface area contributed by atoms with Gasteiger partial charge in [-0.25, -0.2) is 0 Å². The minimum atomic E-state index is 1.01. The molecule has 1 aliphatic rings. The van der Waals surface area contributed by atoms with Gasteiger partial charge in [0.15, 0.2) is 0 Å². The van der Waals surface area contributed by atoms with Crippen LogP contribution in [0, 0.1) is 0 Å². The summed E-state index contributed by atoms with van der Waals surface area (Å²) in [5.41, 5.74) is 1.19. The van der Waals surface area contributed by atoms with E-state index in [-0.39, 0.29) is 0 Å². The summed E-state index contributed by atoms with van der Waals surface area (Å²) in [4.78, 5) is 0. The van der Waals surface area contributed by atoms with Crippen LogP contribution in [0.1, 0.15) is 0 Å². The molecule has 2 heteroatoms. The van der Waals surface area contributed by atoms with E-state index in [0.717, 1.165) is 3.39 Å². The van der Waals surface area contributed by atoms with E-state index in [1.165, 1.54) is 5.57 Å². The molecule has 8 heavy (non-hydrogen) atoms. The van der Waals surface area contributed by atoms with E-state index in [1.54, 1.807) is 0 Å². The highest BCUT2D eigenvalue weighted by Gasteiger charge is 1.94. The molecular formula is C6H4Br2. The molecule has 0 atom stereocenters. The van der Waals surface area contributed by atoms with Crippen LogP contribution in [0.25, 0.3) is 0 Å². The molecule has 0 N–H and O–H groups in total. The molecule has 0 saturated carbocycles. The van der Waals surface area contributed by atoms with E-state index in [2.05, 4.69) is 31.9 Å². The molecule has 0 aromatic rings. The first-order valence-corrected chi connectivity index (χ1v) is 3.79. The molecule has 0 amide bonds. The van der Waals surface area contributed by atoms with Crippen LogP contribution in [-0.4, -0.2) is 0 Å². The topological polar surface area (TPSA) is 0 Å². The average Bonchev–Trinajstić information content (AvgIpc) is 2.12. The fourth-order valence-electron chi connectivity index (χ4n) is 0.500. The van der Waals surface area contributed by atoms with E-state index < -0.39 is 0 Å². The Labute approximate surface area is 65.2 Å². The van der Waals surface area contributed by atoms with Gasteiger partial charge in [0.25, 0.3) is 0 Å². The van der Waals surface area contributed by atoms with E-state index in [9.17, 15) is 0 Å². The minimum Gasteiger partial charge on any atom is -0.0616 e. The smallest absolute Gasteiger partial charge is 0.0616 e. The van der Waals surface area contributed by atoms with Gasteiger partial charge in [-0.2, -0.15) is 0 Å².